The van der Waals surface area contributed by atoms with Crippen molar-refractivity contribution < 1.29 is 14.0 Å². The van der Waals surface area contributed by atoms with Crippen LogP contribution < -0.4 is 4.74 Å². The smallest absolute Gasteiger partial charge is 0.244 e. The van der Waals surface area contributed by atoms with E-state index in [0.29, 0.717) is 30.8 Å². The van der Waals surface area contributed by atoms with Crippen LogP contribution in [0.15, 0.2) is 47.2 Å². The highest BCUT2D eigenvalue weighted by Crippen LogP contribution is 2.33. The van der Waals surface area contributed by atoms with Crippen LogP contribution in [0.25, 0.3) is 11.4 Å². The number of likely N-dealkylation sites (tertiary alicyclic amines) is 1. The first-order chi connectivity index (χ1) is 13.8. The zero-order valence-corrected chi connectivity index (χ0v) is 15.8. The van der Waals surface area contributed by atoms with E-state index in [0.717, 1.165) is 37.2 Å². The lowest BCUT2D eigenvalue weighted by Gasteiger charge is -2.20. The van der Waals surface area contributed by atoms with Gasteiger partial charge in [0.05, 0.1) is 18.3 Å². The van der Waals surface area contributed by atoms with Crippen molar-refractivity contribution in [2.45, 2.75) is 25.4 Å². The Morgan fingerprint density at radius 3 is 2.93 bits per heavy atom. The molecule has 0 saturated carbocycles. The lowest BCUT2D eigenvalue weighted by Crippen LogP contribution is -2.23. The largest absolute Gasteiger partial charge is 0.475 e. The summed E-state index contributed by atoms with van der Waals surface area (Å²) in [5.74, 6) is 1.72. The summed E-state index contributed by atoms with van der Waals surface area (Å²) in [6.45, 7) is 2.75. The van der Waals surface area contributed by atoms with E-state index in [2.05, 4.69) is 25.0 Å². The zero-order valence-electron chi connectivity index (χ0n) is 15.8. The predicted molar refractivity (Wildman–Crippen MR) is 102 cm³/mol. The summed E-state index contributed by atoms with van der Waals surface area (Å²) in [5, 5.41) is 4.15. The Kier molecular flexibility index (Phi) is 5.89. The summed E-state index contributed by atoms with van der Waals surface area (Å²) in [7, 11) is 1.63. The summed E-state index contributed by atoms with van der Waals surface area (Å²) < 4.78 is 16.0. The van der Waals surface area contributed by atoms with Crippen molar-refractivity contribution in [3.8, 4) is 17.3 Å². The van der Waals surface area contributed by atoms with Crippen LogP contribution in [-0.4, -0.2) is 51.9 Å². The molecule has 1 aliphatic heterocycles. The van der Waals surface area contributed by atoms with E-state index in [1.807, 2.05) is 30.5 Å². The Labute approximate surface area is 163 Å². The molecule has 8 heteroatoms. The van der Waals surface area contributed by atoms with Crippen molar-refractivity contribution in [3.63, 3.8) is 0 Å². The molecule has 0 radical (unpaired) electrons. The van der Waals surface area contributed by atoms with E-state index in [-0.39, 0.29) is 6.04 Å². The third kappa shape index (κ3) is 4.35. The van der Waals surface area contributed by atoms with Crippen molar-refractivity contribution in [2.75, 3.05) is 26.9 Å². The maximum atomic E-state index is 5.58. The minimum absolute atomic E-state index is 0.118. The van der Waals surface area contributed by atoms with Crippen molar-refractivity contribution in [2.24, 2.45) is 0 Å². The van der Waals surface area contributed by atoms with E-state index in [4.69, 9.17) is 14.0 Å². The van der Waals surface area contributed by atoms with Gasteiger partial charge in [-0.05, 0) is 37.6 Å². The van der Waals surface area contributed by atoms with Gasteiger partial charge in [0.25, 0.3) is 0 Å². The third-order valence-electron chi connectivity index (χ3n) is 4.71. The van der Waals surface area contributed by atoms with Crippen LogP contribution in [0, 0.1) is 0 Å². The molecule has 146 valence electrons. The highest BCUT2D eigenvalue weighted by atomic mass is 16.5. The van der Waals surface area contributed by atoms with Gasteiger partial charge in [0.2, 0.25) is 17.6 Å². The molecule has 0 N–H and O–H groups in total. The number of pyridine rings is 2. The lowest BCUT2D eigenvalue weighted by atomic mass is 10.2. The quantitative estimate of drug-likeness (QED) is 0.551. The Morgan fingerprint density at radius 1 is 1.18 bits per heavy atom. The number of hydrogen-bond acceptors (Lipinski definition) is 8. The summed E-state index contributed by atoms with van der Waals surface area (Å²) >= 11 is 0. The molecule has 0 aliphatic carbocycles. The second kappa shape index (κ2) is 8.90. The van der Waals surface area contributed by atoms with Gasteiger partial charge in [-0.25, -0.2) is 4.98 Å². The average Bonchev–Trinajstić information content (AvgIpc) is 3.39. The van der Waals surface area contributed by atoms with Gasteiger partial charge in [0.1, 0.15) is 6.61 Å². The Balaban J connectivity index is 1.43. The average molecular weight is 381 g/mol. The number of ether oxygens (including phenoxy) is 2. The van der Waals surface area contributed by atoms with E-state index in [9.17, 15) is 0 Å². The van der Waals surface area contributed by atoms with Crippen LogP contribution in [0.1, 0.15) is 30.5 Å². The minimum Gasteiger partial charge on any atom is -0.475 e. The molecular weight excluding hydrogens is 358 g/mol. The molecule has 1 fully saturated rings. The van der Waals surface area contributed by atoms with Crippen molar-refractivity contribution in [1.82, 2.24) is 25.0 Å². The fourth-order valence-electron chi connectivity index (χ4n) is 3.31. The molecule has 8 nitrogen and oxygen atoms in total. The number of rotatable bonds is 8. The van der Waals surface area contributed by atoms with Gasteiger partial charge in [-0.3, -0.25) is 9.88 Å². The third-order valence-corrected chi connectivity index (χ3v) is 4.71. The predicted octanol–water partition coefficient (Wildman–Crippen LogP) is 2.89. The van der Waals surface area contributed by atoms with Gasteiger partial charge in [0.15, 0.2) is 0 Å². The van der Waals surface area contributed by atoms with E-state index < -0.39 is 0 Å². The summed E-state index contributed by atoms with van der Waals surface area (Å²) in [4.78, 5) is 15.7. The molecular formula is C20H23N5O3. The number of methoxy groups -OCH3 is 1. The van der Waals surface area contributed by atoms with Crippen LogP contribution in [-0.2, 0) is 11.3 Å². The topological polar surface area (TPSA) is 86.4 Å². The Morgan fingerprint density at radius 2 is 2.14 bits per heavy atom. The van der Waals surface area contributed by atoms with Crippen molar-refractivity contribution in [3.05, 3.63) is 54.3 Å². The molecule has 0 aromatic carbocycles. The fourth-order valence-corrected chi connectivity index (χ4v) is 3.31. The highest BCUT2D eigenvalue weighted by Gasteiger charge is 2.31. The number of aromatic nitrogens is 4. The van der Waals surface area contributed by atoms with Gasteiger partial charge < -0.3 is 14.0 Å². The van der Waals surface area contributed by atoms with Gasteiger partial charge in [-0.2, -0.15) is 4.98 Å². The van der Waals surface area contributed by atoms with Crippen LogP contribution >= 0.6 is 0 Å². The standard InChI is InChI=1S/C20H23N5O3/c1-26-11-12-27-18-8-7-15(13-22-18)19-23-20(28-24-19)17-6-4-10-25(17)14-16-5-2-3-9-21-16/h2-3,5,7-9,13,17H,4,6,10-12,14H2,1H3. The molecule has 4 heterocycles. The second-order valence-corrected chi connectivity index (χ2v) is 6.63. The summed E-state index contributed by atoms with van der Waals surface area (Å²) in [6.07, 6.45) is 5.61. The molecule has 0 spiro atoms. The Bertz CT molecular complexity index is 869. The first-order valence-electron chi connectivity index (χ1n) is 9.39. The van der Waals surface area contributed by atoms with E-state index in [1.54, 1.807) is 19.4 Å². The van der Waals surface area contributed by atoms with Crippen molar-refractivity contribution >= 4 is 0 Å². The molecule has 1 aliphatic rings. The maximum Gasteiger partial charge on any atom is 0.244 e. The highest BCUT2D eigenvalue weighted by molar-refractivity contribution is 5.53. The SMILES string of the molecule is COCCOc1ccc(-c2noc(C3CCCN3Cc3ccccn3)n2)cn1. The molecule has 0 bridgehead atoms. The first kappa shape index (κ1) is 18.5. The monoisotopic (exact) mass is 381 g/mol. The summed E-state index contributed by atoms with van der Waals surface area (Å²) in [5.41, 5.74) is 1.84. The Hall–Kier alpha value is -2.84. The van der Waals surface area contributed by atoms with E-state index in [1.165, 1.54) is 0 Å². The molecule has 3 aromatic rings. The number of nitrogens with zero attached hydrogens (tertiary/aromatic N) is 5. The maximum absolute atomic E-state index is 5.58. The lowest BCUT2D eigenvalue weighted by molar-refractivity contribution is 0.144. The molecule has 1 unspecified atom stereocenters. The van der Waals surface area contributed by atoms with Gasteiger partial charge in [0, 0.05) is 37.7 Å². The fraction of sp³-hybridized carbons (Fsp3) is 0.400. The van der Waals surface area contributed by atoms with Crippen LogP contribution in [0.5, 0.6) is 5.88 Å². The van der Waals surface area contributed by atoms with E-state index >= 15 is 0 Å². The molecule has 1 saturated heterocycles. The molecule has 1 atom stereocenters. The van der Waals surface area contributed by atoms with Crippen molar-refractivity contribution in [1.29, 1.82) is 0 Å². The first-order valence-corrected chi connectivity index (χ1v) is 9.39. The normalized spacial score (nSPS) is 17.1. The van der Waals surface area contributed by atoms with Crippen LogP contribution in [0.3, 0.4) is 0 Å². The van der Waals surface area contributed by atoms with Gasteiger partial charge >= 0.3 is 0 Å². The van der Waals surface area contributed by atoms with Crippen LogP contribution in [0.4, 0.5) is 0 Å². The number of hydrogen-bond donors (Lipinski definition) is 0. The molecule has 4 rings (SSSR count). The minimum atomic E-state index is 0.118. The molecule has 0 amide bonds. The van der Waals surface area contributed by atoms with Gasteiger partial charge in [-0.1, -0.05) is 11.2 Å². The second-order valence-electron chi connectivity index (χ2n) is 6.63. The molecule has 28 heavy (non-hydrogen) atoms. The van der Waals surface area contributed by atoms with Crippen LogP contribution in [0.2, 0.25) is 0 Å². The molecule has 3 aromatic heterocycles. The summed E-state index contributed by atoms with van der Waals surface area (Å²) in [6, 6.07) is 9.77. The zero-order chi connectivity index (χ0) is 19.2. The van der Waals surface area contributed by atoms with Gasteiger partial charge in [-0.15, -0.1) is 0 Å².